The highest BCUT2D eigenvalue weighted by Crippen LogP contribution is 2.32. The molecule has 1 aliphatic carbocycles. The quantitative estimate of drug-likeness (QED) is 0.501. The first kappa shape index (κ1) is 23.1. The number of carbonyl (C=O) groups excluding carboxylic acids is 3. The highest BCUT2D eigenvalue weighted by molar-refractivity contribution is 6.22. The zero-order chi connectivity index (χ0) is 22.8. The van der Waals surface area contributed by atoms with Gasteiger partial charge in [-0.3, -0.25) is 9.59 Å². The Morgan fingerprint density at radius 3 is 2.23 bits per heavy atom. The lowest BCUT2D eigenvalue weighted by molar-refractivity contribution is -0.156. The van der Waals surface area contributed by atoms with Crippen molar-refractivity contribution in [1.29, 1.82) is 0 Å². The molecule has 1 aromatic carbocycles. The molecule has 1 atom stereocenters. The van der Waals surface area contributed by atoms with E-state index >= 15 is 0 Å². The maximum Gasteiger partial charge on any atom is 0.332 e. The van der Waals surface area contributed by atoms with Gasteiger partial charge in [-0.1, -0.05) is 19.3 Å². The van der Waals surface area contributed by atoms with Gasteiger partial charge in [-0.05, 0) is 63.8 Å². The van der Waals surface area contributed by atoms with Crippen LogP contribution in [0.3, 0.4) is 0 Å². The second-order valence-electron chi connectivity index (χ2n) is 9.83. The summed E-state index contributed by atoms with van der Waals surface area (Å²) in [6.07, 6.45) is 5.49. The molecule has 3 amide bonds. The van der Waals surface area contributed by atoms with Crippen molar-refractivity contribution in [3.8, 4) is 0 Å². The predicted octanol–water partition coefficient (Wildman–Crippen LogP) is 4.20. The second kappa shape index (κ2) is 9.28. The third-order valence-corrected chi connectivity index (χ3v) is 5.90. The van der Waals surface area contributed by atoms with Crippen molar-refractivity contribution in [3.63, 3.8) is 0 Å². The maximum atomic E-state index is 13.4. The van der Waals surface area contributed by atoms with E-state index in [9.17, 15) is 14.4 Å². The zero-order valence-corrected chi connectivity index (χ0v) is 19.4. The van der Waals surface area contributed by atoms with Crippen molar-refractivity contribution in [2.24, 2.45) is 5.92 Å². The van der Waals surface area contributed by atoms with E-state index in [1.165, 1.54) is 11.3 Å². The number of anilines is 2. The van der Waals surface area contributed by atoms with Gasteiger partial charge in [0.2, 0.25) is 0 Å². The van der Waals surface area contributed by atoms with Gasteiger partial charge in [0.05, 0.1) is 12.1 Å². The van der Waals surface area contributed by atoms with Gasteiger partial charge in [0, 0.05) is 26.3 Å². The van der Waals surface area contributed by atoms with Gasteiger partial charge in [0.15, 0.2) is 0 Å². The molecule has 2 fully saturated rings. The highest BCUT2D eigenvalue weighted by atomic mass is 16.6. The largest absolute Gasteiger partial charge is 0.460 e. The fraction of sp³-hybridized carbons (Fsp3) is 0.625. The van der Waals surface area contributed by atoms with Crippen molar-refractivity contribution < 1.29 is 19.1 Å². The van der Waals surface area contributed by atoms with Gasteiger partial charge in [-0.25, -0.2) is 9.69 Å². The van der Waals surface area contributed by atoms with E-state index in [1.54, 1.807) is 37.8 Å². The summed E-state index contributed by atoms with van der Waals surface area (Å²) in [5.41, 5.74) is 0.867. The highest BCUT2D eigenvalue weighted by Gasteiger charge is 2.47. The van der Waals surface area contributed by atoms with Gasteiger partial charge < -0.3 is 14.5 Å². The van der Waals surface area contributed by atoms with Crippen LogP contribution in [0.5, 0.6) is 0 Å². The zero-order valence-electron chi connectivity index (χ0n) is 19.4. The SMILES string of the molecule is CN(C)c1ccc(N2C(=O)[C@H](CC(=O)OC(C)(C)C)N(CC3CCCCC3)C2=O)cc1. The van der Waals surface area contributed by atoms with E-state index in [2.05, 4.69) is 0 Å². The van der Waals surface area contributed by atoms with Crippen LogP contribution in [-0.2, 0) is 14.3 Å². The number of esters is 1. The number of amides is 3. The van der Waals surface area contributed by atoms with E-state index in [0.717, 1.165) is 31.4 Å². The van der Waals surface area contributed by atoms with Crippen LogP contribution in [0, 0.1) is 5.92 Å². The Bertz CT molecular complexity index is 807. The van der Waals surface area contributed by atoms with Crippen LogP contribution in [0.4, 0.5) is 16.2 Å². The van der Waals surface area contributed by atoms with Crippen LogP contribution in [0.25, 0.3) is 0 Å². The molecule has 0 N–H and O–H groups in total. The van der Waals surface area contributed by atoms with E-state index in [1.807, 2.05) is 31.1 Å². The number of urea groups is 1. The van der Waals surface area contributed by atoms with Crippen molar-refractivity contribution in [2.75, 3.05) is 30.4 Å². The normalized spacial score (nSPS) is 20.4. The van der Waals surface area contributed by atoms with Crippen LogP contribution in [-0.4, -0.2) is 55.1 Å². The molecule has 170 valence electrons. The molecule has 7 heteroatoms. The molecule has 0 aromatic heterocycles. The smallest absolute Gasteiger partial charge is 0.332 e. The first-order chi connectivity index (χ1) is 14.6. The molecule has 3 rings (SSSR count). The minimum Gasteiger partial charge on any atom is -0.460 e. The average Bonchev–Trinajstić information content (AvgIpc) is 2.91. The van der Waals surface area contributed by atoms with Crippen molar-refractivity contribution in [1.82, 2.24) is 4.90 Å². The Labute approximate surface area is 185 Å². The number of ether oxygens (including phenoxy) is 1. The summed E-state index contributed by atoms with van der Waals surface area (Å²) in [5.74, 6) is -0.455. The van der Waals surface area contributed by atoms with Crippen molar-refractivity contribution in [3.05, 3.63) is 24.3 Å². The van der Waals surface area contributed by atoms with Crippen molar-refractivity contribution >= 4 is 29.3 Å². The second-order valence-corrected chi connectivity index (χ2v) is 9.83. The summed E-state index contributed by atoms with van der Waals surface area (Å²) in [6.45, 7) is 5.89. The lowest BCUT2D eigenvalue weighted by atomic mass is 9.88. The van der Waals surface area contributed by atoms with Crippen LogP contribution in [0.1, 0.15) is 59.3 Å². The molecule has 0 unspecified atom stereocenters. The third-order valence-electron chi connectivity index (χ3n) is 5.90. The van der Waals surface area contributed by atoms with E-state index in [0.29, 0.717) is 18.2 Å². The molecule has 1 aliphatic heterocycles. The molecule has 0 radical (unpaired) electrons. The summed E-state index contributed by atoms with van der Waals surface area (Å²) in [5, 5.41) is 0. The summed E-state index contributed by atoms with van der Waals surface area (Å²) in [4.78, 5) is 44.0. The molecule has 31 heavy (non-hydrogen) atoms. The third kappa shape index (κ3) is 5.57. The molecule has 0 bridgehead atoms. The van der Waals surface area contributed by atoms with Gasteiger partial charge in [-0.15, -0.1) is 0 Å². The molecular weight excluding hydrogens is 394 g/mol. The molecule has 7 nitrogen and oxygen atoms in total. The Morgan fingerprint density at radius 2 is 1.68 bits per heavy atom. The fourth-order valence-electron chi connectivity index (χ4n) is 4.37. The van der Waals surface area contributed by atoms with Crippen LogP contribution >= 0.6 is 0 Å². The summed E-state index contributed by atoms with van der Waals surface area (Å²) in [7, 11) is 3.87. The Kier molecular flexibility index (Phi) is 6.92. The standard InChI is InChI=1S/C24H35N3O4/c1-24(2,3)31-21(28)15-20-22(29)27(19-13-11-18(12-14-19)25(4)5)23(30)26(20)16-17-9-7-6-8-10-17/h11-14,17,20H,6-10,15-16H2,1-5H3/t20-/m0/s1. The minimum absolute atomic E-state index is 0.124. The molecule has 1 saturated heterocycles. The summed E-state index contributed by atoms with van der Waals surface area (Å²) >= 11 is 0. The Hall–Kier alpha value is -2.57. The van der Waals surface area contributed by atoms with Gasteiger partial charge in [0.25, 0.3) is 5.91 Å². The maximum absolute atomic E-state index is 13.4. The average molecular weight is 430 g/mol. The number of rotatable bonds is 6. The van der Waals surface area contributed by atoms with E-state index < -0.39 is 17.6 Å². The summed E-state index contributed by atoms with van der Waals surface area (Å²) in [6, 6.07) is 6.14. The van der Waals surface area contributed by atoms with Gasteiger partial charge in [-0.2, -0.15) is 0 Å². The fourth-order valence-corrected chi connectivity index (χ4v) is 4.37. The molecule has 1 heterocycles. The number of carbonyl (C=O) groups is 3. The van der Waals surface area contributed by atoms with Crippen LogP contribution < -0.4 is 9.80 Å². The van der Waals surface area contributed by atoms with E-state index in [4.69, 9.17) is 4.74 Å². The molecule has 2 aliphatic rings. The molecule has 1 saturated carbocycles. The van der Waals surface area contributed by atoms with Crippen LogP contribution in [0.15, 0.2) is 24.3 Å². The first-order valence-corrected chi connectivity index (χ1v) is 11.2. The number of benzene rings is 1. The van der Waals surface area contributed by atoms with Crippen molar-refractivity contribution in [2.45, 2.75) is 70.9 Å². The first-order valence-electron chi connectivity index (χ1n) is 11.2. The summed E-state index contributed by atoms with van der Waals surface area (Å²) < 4.78 is 5.45. The number of nitrogens with zero attached hydrogens (tertiary/aromatic N) is 3. The number of imide groups is 1. The monoisotopic (exact) mass is 429 g/mol. The van der Waals surface area contributed by atoms with Crippen LogP contribution in [0.2, 0.25) is 0 Å². The lowest BCUT2D eigenvalue weighted by Gasteiger charge is -2.29. The Balaban J connectivity index is 1.84. The molecule has 1 aromatic rings. The molecular formula is C24H35N3O4. The Morgan fingerprint density at radius 1 is 1.06 bits per heavy atom. The van der Waals surface area contributed by atoms with E-state index in [-0.39, 0.29) is 18.4 Å². The van der Waals surface area contributed by atoms with Gasteiger partial charge >= 0.3 is 12.0 Å². The topological polar surface area (TPSA) is 70.2 Å². The molecule has 0 spiro atoms. The predicted molar refractivity (Wildman–Crippen MR) is 121 cm³/mol. The number of hydrogen-bond donors (Lipinski definition) is 0. The number of hydrogen-bond acceptors (Lipinski definition) is 5. The lowest BCUT2D eigenvalue weighted by Crippen LogP contribution is -2.41. The van der Waals surface area contributed by atoms with Gasteiger partial charge in [0.1, 0.15) is 11.6 Å². The minimum atomic E-state index is -0.821.